The van der Waals surface area contributed by atoms with Gasteiger partial charge in [0.15, 0.2) is 5.65 Å². The van der Waals surface area contributed by atoms with Crippen LogP contribution in [0.2, 0.25) is 0 Å². The number of halogens is 3. The number of rotatable bonds is 4. The highest BCUT2D eigenvalue weighted by Crippen LogP contribution is 2.33. The molecule has 2 N–H and O–H groups in total. The van der Waals surface area contributed by atoms with Crippen LogP contribution in [0.5, 0.6) is 5.75 Å². The topological polar surface area (TPSA) is 110 Å². The lowest BCUT2D eigenvalue weighted by atomic mass is 10.0. The predicted molar refractivity (Wildman–Crippen MR) is 177 cm³/mol. The Balaban J connectivity index is 1.34. The first kappa shape index (κ1) is 34.0. The Labute approximate surface area is 282 Å². The SMILES string of the molecule is Cc1c2cc(cc1C(=O)Nc1cc(CN3CCOCC3)cc(C(F)(F)F)c1)OCCCCCCCNC(=O)c1ccc3ncc(n3n1)C#C2. The molecule has 0 atom stereocenters. The molecule has 2 aliphatic rings. The zero-order chi connectivity index (χ0) is 34.4. The van der Waals surface area contributed by atoms with Crippen molar-refractivity contribution in [3.05, 3.63) is 87.9 Å². The first-order valence-electron chi connectivity index (χ1n) is 16.4. The molecule has 1 saturated heterocycles. The molecule has 2 amide bonds. The van der Waals surface area contributed by atoms with Gasteiger partial charge >= 0.3 is 6.18 Å². The van der Waals surface area contributed by atoms with Crippen LogP contribution in [0.1, 0.15) is 80.9 Å². The van der Waals surface area contributed by atoms with Crippen LogP contribution >= 0.6 is 0 Å². The molecule has 10 nitrogen and oxygen atoms in total. The summed E-state index contributed by atoms with van der Waals surface area (Å²) in [7, 11) is 0. The van der Waals surface area contributed by atoms with Crippen molar-refractivity contribution in [3.63, 3.8) is 0 Å². The number of nitrogens with zero attached hydrogens (tertiary/aromatic N) is 4. The largest absolute Gasteiger partial charge is 0.494 e. The van der Waals surface area contributed by atoms with Crippen LogP contribution in [-0.4, -0.2) is 70.8 Å². The molecular formula is C36H37F3N6O4. The number of fused-ring (bicyclic) bond motifs is 3. The van der Waals surface area contributed by atoms with Crippen molar-refractivity contribution in [3.8, 4) is 17.6 Å². The quantitative estimate of drug-likeness (QED) is 0.271. The summed E-state index contributed by atoms with van der Waals surface area (Å²) in [6, 6.07) is 10.3. The lowest BCUT2D eigenvalue weighted by Gasteiger charge is -2.27. The van der Waals surface area contributed by atoms with Crippen molar-refractivity contribution < 1.29 is 32.2 Å². The maximum absolute atomic E-state index is 13.9. The van der Waals surface area contributed by atoms with E-state index in [1.807, 2.05) is 4.90 Å². The van der Waals surface area contributed by atoms with Crippen LogP contribution < -0.4 is 15.4 Å². The van der Waals surface area contributed by atoms with Gasteiger partial charge in [0.25, 0.3) is 11.8 Å². The number of aromatic nitrogens is 3. The van der Waals surface area contributed by atoms with Crippen molar-refractivity contribution in [1.29, 1.82) is 0 Å². The third kappa shape index (κ3) is 8.57. The van der Waals surface area contributed by atoms with E-state index in [9.17, 15) is 22.8 Å². The van der Waals surface area contributed by atoms with E-state index >= 15 is 0 Å². The van der Waals surface area contributed by atoms with Crippen molar-refractivity contribution in [1.82, 2.24) is 24.8 Å². The molecule has 4 aromatic rings. The number of hydrogen-bond donors (Lipinski definition) is 2. The van der Waals surface area contributed by atoms with Gasteiger partial charge in [-0.1, -0.05) is 25.2 Å². The van der Waals surface area contributed by atoms with Crippen LogP contribution in [0.4, 0.5) is 18.9 Å². The van der Waals surface area contributed by atoms with E-state index in [-0.39, 0.29) is 22.9 Å². The molecule has 0 radical (unpaired) electrons. The normalized spacial score (nSPS) is 16.4. The smallest absolute Gasteiger partial charge is 0.416 e. The molecule has 4 bridgehead atoms. The fourth-order valence-corrected chi connectivity index (χ4v) is 5.82. The first-order chi connectivity index (χ1) is 23.6. The molecule has 2 aromatic heterocycles. The Bertz CT molecular complexity index is 1910. The Hall–Kier alpha value is -4.93. The number of ether oxygens (including phenoxy) is 2. The minimum Gasteiger partial charge on any atom is -0.494 e. The van der Waals surface area contributed by atoms with Gasteiger partial charge in [0.2, 0.25) is 0 Å². The summed E-state index contributed by atoms with van der Waals surface area (Å²) >= 11 is 0. The lowest BCUT2D eigenvalue weighted by molar-refractivity contribution is -0.137. The fourth-order valence-electron chi connectivity index (χ4n) is 5.82. The number of nitrogens with one attached hydrogen (secondary N) is 2. The van der Waals surface area contributed by atoms with Gasteiger partial charge in [-0.3, -0.25) is 14.5 Å². The van der Waals surface area contributed by atoms with Crippen molar-refractivity contribution in [2.45, 2.75) is 51.7 Å². The molecule has 0 unspecified atom stereocenters. The molecule has 0 aliphatic carbocycles. The maximum Gasteiger partial charge on any atom is 0.416 e. The minimum atomic E-state index is -4.60. The van der Waals surface area contributed by atoms with E-state index in [1.165, 1.54) is 4.52 Å². The molecule has 13 heteroatoms. The van der Waals surface area contributed by atoms with Crippen LogP contribution in [0.3, 0.4) is 0 Å². The zero-order valence-electron chi connectivity index (χ0n) is 27.2. The second kappa shape index (κ2) is 15.1. The molecule has 6 rings (SSSR count). The number of hydrogen-bond acceptors (Lipinski definition) is 7. The second-order valence-corrected chi connectivity index (χ2v) is 12.2. The summed E-state index contributed by atoms with van der Waals surface area (Å²) < 4.78 is 54.7. The minimum absolute atomic E-state index is 0.0374. The Morgan fingerprint density at radius 1 is 1.00 bits per heavy atom. The fraction of sp³-hybridized carbons (Fsp3) is 0.389. The maximum atomic E-state index is 13.9. The summed E-state index contributed by atoms with van der Waals surface area (Å²) in [6.07, 6.45) is 1.38. The molecule has 0 spiro atoms. The predicted octanol–water partition coefficient (Wildman–Crippen LogP) is 5.61. The van der Waals surface area contributed by atoms with E-state index in [0.717, 1.165) is 44.2 Å². The molecule has 49 heavy (non-hydrogen) atoms. The highest BCUT2D eigenvalue weighted by atomic mass is 19.4. The molecule has 1 fully saturated rings. The number of imidazole rings is 1. The molecule has 4 heterocycles. The molecule has 2 aliphatic heterocycles. The highest BCUT2D eigenvalue weighted by Gasteiger charge is 2.32. The van der Waals surface area contributed by atoms with E-state index < -0.39 is 17.6 Å². The summed E-state index contributed by atoms with van der Waals surface area (Å²) in [5, 5.41) is 10.1. The molecule has 2 aromatic carbocycles. The highest BCUT2D eigenvalue weighted by molar-refractivity contribution is 6.06. The van der Waals surface area contributed by atoms with E-state index in [4.69, 9.17) is 9.47 Å². The van der Waals surface area contributed by atoms with Crippen LogP contribution in [0.15, 0.2) is 48.7 Å². The van der Waals surface area contributed by atoms with E-state index in [2.05, 4.69) is 32.6 Å². The first-order valence-corrected chi connectivity index (χ1v) is 16.4. The van der Waals surface area contributed by atoms with Gasteiger partial charge in [0, 0.05) is 43.0 Å². The summed E-state index contributed by atoms with van der Waals surface area (Å²) in [5.41, 5.74) is 2.03. The number of amides is 2. The van der Waals surface area contributed by atoms with Gasteiger partial charge in [0.05, 0.1) is 31.6 Å². The van der Waals surface area contributed by atoms with Gasteiger partial charge in [-0.2, -0.15) is 18.3 Å². The average Bonchev–Trinajstić information content (AvgIpc) is 3.49. The number of anilines is 1. The summed E-state index contributed by atoms with van der Waals surface area (Å²) in [5.74, 6) is 5.70. The number of carbonyl (C=O) groups is 2. The van der Waals surface area contributed by atoms with Gasteiger partial charge < -0.3 is 20.1 Å². The van der Waals surface area contributed by atoms with Crippen molar-refractivity contribution in [2.75, 3.05) is 44.8 Å². The van der Waals surface area contributed by atoms with Gasteiger partial charge in [-0.25, -0.2) is 9.50 Å². The van der Waals surface area contributed by atoms with Crippen molar-refractivity contribution >= 4 is 23.1 Å². The van der Waals surface area contributed by atoms with Gasteiger partial charge in [-0.15, -0.1) is 0 Å². The Morgan fingerprint density at radius 3 is 2.61 bits per heavy atom. The van der Waals surface area contributed by atoms with Crippen LogP contribution in [-0.2, 0) is 17.5 Å². The van der Waals surface area contributed by atoms with Gasteiger partial charge in [0.1, 0.15) is 17.1 Å². The number of alkyl halides is 3. The van der Waals surface area contributed by atoms with Crippen LogP contribution in [0.25, 0.3) is 5.65 Å². The zero-order valence-corrected chi connectivity index (χ0v) is 27.2. The number of carbonyl (C=O) groups excluding carboxylic acids is 2. The van der Waals surface area contributed by atoms with Crippen molar-refractivity contribution in [2.24, 2.45) is 0 Å². The molecule has 256 valence electrons. The lowest BCUT2D eigenvalue weighted by Crippen LogP contribution is -2.35. The Kier molecular flexibility index (Phi) is 10.5. The van der Waals surface area contributed by atoms with E-state index in [1.54, 1.807) is 43.5 Å². The monoisotopic (exact) mass is 674 g/mol. The van der Waals surface area contributed by atoms with E-state index in [0.29, 0.717) is 79.8 Å². The molecule has 0 saturated carbocycles. The molecular weight excluding hydrogens is 637 g/mol. The number of morpholine rings is 1. The third-order valence-corrected chi connectivity index (χ3v) is 8.51. The van der Waals surface area contributed by atoms with Gasteiger partial charge in [-0.05, 0) is 79.3 Å². The Morgan fingerprint density at radius 2 is 1.80 bits per heavy atom. The summed E-state index contributed by atoms with van der Waals surface area (Å²) in [4.78, 5) is 32.9. The van der Waals surface area contributed by atoms with Crippen LogP contribution in [0, 0.1) is 18.8 Å². The second-order valence-electron chi connectivity index (χ2n) is 12.2. The standard InChI is InChI=1S/C36H37F3N6O4/c1-24-26-7-8-29-22-41-33-10-9-32(43-45(29)33)35(47)40-11-5-3-2-4-6-14-49-30(19-26)21-31(24)34(46)42-28-18-25(17-27(20-28)36(37,38)39)23-44-12-15-48-16-13-44/h9-10,17-22H,2-6,11-16,23H2,1H3,(H,40,47)(H,42,46). The number of benzene rings is 2. The summed E-state index contributed by atoms with van der Waals surface area (Å²) in [6.45, 7) is 5.20. The average molecular weight is 675 g/mol. The third-order valence-electron chi connectivity index (χ3n) is 8.51.